The monoisotopic (exact) mass is 280 g/mol. The zero-order chi connectivity index (χ0) is 14.5. The maximum absolute atomic E-state index is 12.3. The molecule has 0 saturated heterocycles. The third-order valence-electron chi connectivity index (χ3n) is 4.20. The SMILES string of the molecule is O=C(O[C@H]1CCCC[C@H]1c1ccccc1)c1ccccc1. The highest BCUT2D eigenvalue weighted by Crippen LogP contribution is 2.35. The van der Waals surface area contributed by atoms with Crippen LogP contribution in [0.4, 0.5) is 0 Å². The van der Waals surface area contributed by atoms with E-state index in [1.54, 1.807) is 0 Å². The Labute approximate surface area is 125 Å². The van der Waals surface area contributed by atoms with Crippen molar-refractivity contribution in [3.8, 4) is 0 Å². The zero-order valence-corrected chi connectivity index (χ0v) is 12.1. The van der Waals surface area contributed by atoms with Gasteiger partial charge in [0.1, 0.15) is 6.10 Å². The van der Waals surface area contributed by atoms with Crippen LogP contribution >= 0.6 is 0 Å². The van der Waals surface area contributed by atoms with Crippen molar-refractivity contribution in [2.75, 3.05) is 0 Å². The van der Waals surface area contributed by atoms with Crippen LogP contribution in [0, 0.1) is 0 Å². The van der Waals surface area contributed by atoms with Gasteiger partial charge in [-0.15, -0.1) is 0 Å². The molecule has 2 nitrogen and oxygen atoms in total. The maximum Gasteiger partial charge on any atom is 0.338 e. The summed E-state index contributed by atoms with van der Waals surface area (Å²) in [4.78, 5) is 12.3. The minimum Gasteiger partial charge on any atom is -0.458 e. The van der Waals surface area contributed by atoms with E-state index in [0.29, 0.717) is 11.5 Å². The van der Waals surface area contributed by atoms with E-state index in [2.05, 4.69) is 24.3 Å². The molecule has 0 aliphatic heterocycles. The molecule has 2 aromatic carbocycles. The van der Waals surface area contributed by atoms with E-state index >= 15 is 0 Å². The van der Waals surface area contributed by atoms with E-state index in [4.69, 9.17) is 4.74 Å². The molecular weight excluding hydrogens is 260 g/mol. The summed E-state index contributed by atoms with van der Waals surface area (Å²) in [6.07, 6.45) is 4.39. The van der Waals surface area contributed by atoms with Gasteiger partial charge in [0.25, 0.3) is 0 Å². The smallest absolute Gasteiger partial charge is 0.338 e. The number of hydrogen-bond donors (Lipinski definition) is 0. The second-order valence-corrected chi connectivity index (χ2v) is 5.61. The van der Waals surface area contributed by atoms with Crippen molar-refractivity contribution < 1.29 is 9.53 Å². The van der Waals surface area contributed by atoms with Crippen molar-refractivity contribution in [2.24, 2.45) is 0 Å². The van der Waals surface area contributed by atoms with Gasteiger partial charge in [0.15, 0.2) is 0 Å². The van der Waals surface area contributed by atoms with Crippen LogP contribution in [0.3, 0.4) is 0 Å². The Bertz CT molecular complexity index is 577. The van der Waals surface area contributed by atoms with Crippen LogP contribution in [-0.4, -0.2) is 12.1 Å². The van der Waals surface area contributed by atoms with Gasteiger partial charge < -0.3 is 4.74 Å². The summed E-state index contributed by atoms with van der Waals surface area (Å²) in [5.41, 5.74) is 1.91. The third kappa shape index (κ3) is 3.33. The van der Waals surface area contributed by atoms with E-state index in [0.717, 1.165) is 19.3 Å². The summed E-state index contributed by atoms with van der Waals surface area (Å²) < 4.78 is 5.81. The summed E-state index contributed by atoms with van der Waals surface area (Å²) in [6.45, 7) is 0. The van der Waals surface area contributed by atoms with Crippen molar-refractivity contribution in [1.29, 1.82) is 0 Å². The molecule has 2 heteroatoms. The van der Waals surface area contributed by atoms with E-state index < -0.39 is 0 Å². The van der Waals surface area contributed by atoms with Crippen molar-refractivity contribution in [3.05, 3.63) is 71.8 Å². The molecule has 108 valence electrons. The Morgan fingerprint density at radius 3 is 2.19 bits per heavy atom. The van der Waals surface area contributed by atoms with E-state index in [1.165, 1.54) is 12.0 Å². The fourth-order valence-electron chi connectivity index (χ4n) is 3.10. The zero-order valence-electron chi connectivity index (χ0n) is 12.1. The average Bonchev–Trinajstić information content (AvgIpc) is 2.57. The van der Waals surface area contributed by atoms with Crippen molar-refractivity contribution >= 4 is 5.97 Å². The van der Waals surface area contributed by atoms with E-state index in [9.17, 15) is 4.79 Å². The number of carbonyl (C=O) groups excluding carboxylic acids is 1. The van der Waals surface area contributed by atoms with Gasteiger partial charge in [0.05, 0.1) is 5.56 Å². The molecule has 0 unspecified atom stereocenters. The van der Waals surface area contributed by atoms with Crippen LogP contribution in [0.1, 0.15) is 47.5 Å². The summed E-state index contributed by atoms with van der Waals surface area (Å²) in [6, 6.07) is 19.7. The normalized spacial score (nSPS) is 21.7. The molecular formula is C19H20O2. The summed E-state index contributed by atoms with van der Waals surface area (Å²) in [5, 5.41) is 0. The molecule has 0 N–H and O–H groups in total. The molecule has 0 bridgehead atoms. The van der Waals surface area contributed by atoms with Gasteiger partial charge in [-0.2, -0.15) is 0 Å². The van der Waals surface area contributed by atoms with Crippen LogP contribution in [0.5, 0.6) is 0 Å². The Kier molecular flexibility index (Phi) is 4.34. The fraction of sp³-hybridized carbons (Fsp3) is 0.316. The standard InChI is InChI=1S/C19H20O2/c20-19(16-11-5-2-6-12-16)21-18-14-8-7-13-17(18)15-9-3-1-4-10-15/h1-6,9-12,17-18H,7-8,13-14H2/t17-,18-/m0/s1. The lowest BCUT2D eigenvalue weighted by Crippen LogP contribution is -2.28. The molecule has 0 amide bonds. The molecule has 21 heavy (non-hydrogen) atoms. The molecule has 1 aliphatic rings. The Morgan fingerprint density at radius 2 is 1.48 bits per heavy atom. The van der Waals surface area contributed by atoms with Crippen molar-refractivity contribution in [3.63, 3.8) is 0 Å². The van der Waals surface area contributed by atoms with Gasteiger partial charge >= 0.3 is 5.97 Å². The van der Waals surface area contributed by atoms with Gasteiger partial charge in [0, 0.05) is 5.92 Å². The van der Waals surface area contributed by atoms with Crippen molar-refractivity contribution in [2.45, 2.75) is 37.7 Å². The number of esters is 1. The third-order valence-corrected chi connectivity index (χ3v) is 4.20. The first-order valence-electron chi connectivity index (χ1n) is 7.65. The summed E-state index contributed by atoms with van der Waals surface area (Å²) in [5.74, 6) is 0.121. The predicted octanol–water partition coefficient (Wildman–Crippen LogP) is 4.57. The lowest BCUT2D eigenvalue weighted by Gasteiger charge is -2.31. The number of hydrogen-bond acceptors (Lipinski definition) is 2. The second-order valence-electron chi connectivity index (χ2n) is 5.61. The van der Waals surface area contributed by atoms with Crippen LogP contribution in [0.15, 0.2) is 60.7 Å². The topological polar surface area (TPSA) is 26.3 Å². The first-order chi connectivity index (χ1) is 10.3. The number of carbonyl (C=O) groups is 1. The first-order valence-corrected chi connectivity index (χ1v) is 7.65. The highest BCUT2D eigenvalue weighted by atomic mass is 16.5. The lowest BCUT2D eigenvalue weighted by atomic mass is 9.81. The molecule has 1 aliphatic carbocycles. The molecule has 2 atom stereocenters. The molecule has 1 saturated carbocycles. The van der Waals surface area contributed by atoms with Gasteiger partial charge in [-0.3, -0.25) is 0 Å². The number of benzene rings is 2. The first kappa shape index (κ1) is 13.9. The second kappa shape index (κ2) is 6.57. The van der Waals surface area contributed by atoms with Gasteiger partial charge in [-0.1, -0.05) is 55.0 Å². The highest BCUT2D eigenvalue weighted by molar-refractivity contribution is 5.89. The van der Waals surface area contributed by atoms with Gasteiger partial charge in [-0.05, 0) is 37.0 Å². The molecule has 0 radical (unpaired) electrons. The highest BCUT2D eigenvalue weighted by Gasteiger charge is 2.29. The predicted molar refractivity (Wildman–Crippen MR) is 83.3 cm³/mol. The van der Waals surface area contributed by atoms with Crippen LogP contribution < -0.4 is 0 Å². The molecule has 1 fully saturated rings. The minimum absolute atomic E-state index is 0.00569. The lowest BCUT2D eigenvalue weighted by molar-refractivity contribution is 0.0142. The average molecular weight is 280 g/mol. The van der Waals surface area contributed by atoms with Gasteiger partial charge in [0.2, 0.25) is 0 Å². The minimum atomic E-state index is -0.205. The number of ether oxygens (including phenoxy) is 1. The van der Waals surface area contributed by atoms with Crippen LogP contribution in [-0.2, 0) is 4.74 Å². The quantitative estimate of drug-likeness (QED) is 0.770. The summed E-state index contributed by atoms with van der Waals surface area (Å²) in [7, 11) is 0. The molecule has 0 spiro atoms. The molecule has 2 aromatic rings. The molecule has 3 rings (SSSR count). The Morgan fingerprint density at radius 1 is 0.857 bits per heavy atom. The molecule has 0 aromatic heterocycles. The van der Waals surface area contributed by atoms with Crippen molar-refractivity contribution in [1.82, 2.24) is 0 Å². The Hall–Kier alpha value is -2.09. The fourth-order valence-corrected chi connectivity index (χ4v) is 3.10. The van der Waals surface area contributed by atoms with E-state index in [-0.39, 0.29) is 12.1 Å². The molecule has 0 heterocycles. The van der Waals surface area contributed by atoms with Crippen LogP contribution in [0.2, 0.25) is 0 Å². The Balaban J connectivity index is 1.75. The summed E-state index contributed by atoms with van der Waals surface area (Å²) >= 11 is 0. The largest absolute Gasteiger partial charge is 0.458 e. The van der Waals surface area contributed by atoms with E-state index in [1.807, 2.05) is 36.4 Å². The van der Waals surface area contributed by atoms with Crippen LogP contribution in [0.25, 0.3) is 0 Å². The maximum atomic E-state index is 12.3. The number of rotatable bonds is 3. The van der Waals surface area contributed by atoms with Gasteiger partial charge in [-0.25, -0.2) is 4.79 Å².